The number of aryl methyl sites for hydroxylation is 2. The maximum atomic E-state index is 6.37. The molecule has 5 nitrogen and oxygen atoms in total. The Hall–Kier alpha value is -1.07. The first kappa shape index (κ1) is 14.9. The minimum absolute atomic E-state index is 0.0919. The van der Waals surface area contributed by atoms with Crippen LogP contribution in [-0.2, 0) is 13.6 Å². The lowest BCUT2D eigenvalue weighted by molar-refractivity contribution is 0.167. The van der Waals surface area contributed by atoms with Crippen LogP contribution in [0.2, 0.25) is 0 Å². The Balaban J connectivity index is 2.04. The number of imidazole rings is 1. The molecule has 0 spiro atoms. The van der Waals surface area contributed by atoms with Crippen molar-refractivity contribution in [2.24, 2.45) is 7.05 Å². The molecule has 0 saturated carbocycles. The summed E-state index contributed by atoms with van der Waals surface area (Å²) in [5.74, 6) is 0.960. The zero-order valence-corrected chi connectivity index (χ0v) is 14.1. The average Bonchev–Trinajstić information content (AvgIpc) is 2.92. The second-order valence-electron chi connectivity index (χ2n) is 6.21. The molecule has 116 valence electrons. The predicted octanol–water partition coefficient (Wildman–Crippen LogP) is 2.86. The third kappa shape index (κ3) is 2.57. The number of nitrogens with zero attached hydrogens (tertiary/aromatic N) is 5. The number of likely N-dealkylation sites (tertiary alicyclic amines) is 1. The highest BCUT2D eigenvalue weighted by Gasteiger charge is 2.25. The molecule has 21 heavy (non-hydrogen) atoms. The molecule has 0 aromatic carbocycles. The van der Waals surface area contributed by atoms with Crippen LogP contribution in [0.1, 0.15) is 43.1 Å². The van der Waals surface area contributed by atoms with Gasteiger partial charge in [-0.15, -0.1) is 11.6 Å². The van der Waals surface area contributed by atoms with Crippen LogP contribution in [0.25, 0.3) is 11.2 Å². The summed E-state index contributed by atoms with van der Waals surface area (Å²) < 4.78 is 4.21. The Labute approximate surface area is 130 Å². The molecule has 0 bridgehead atoms. The van der Waals surface area contributed by atoms with Gasteiger partial charge in [0.05, 0.1) is 11.1 Å². The molecule has 1 aliphatic heterocycles. The van der Waals surface area contributed by atoms with Gasteiger partial charge in [0, 0.05) is 19.6 Å². The molecule has 2 unspecified atom stereocenters. The largest absolute Gasteiger partial charge is 0.310 e. The molecule has 0 N–H and O–H groups in total. The number of halogens is 1. The Bertz CT molecular complexity index is 642. The van der Waals surface area contributed by atoms with Gasteiger partial charge in [-0.1, -0.05) is 6.42 Å². The molecule has 0 radical (unpaired) electrons. The smallest absolute Gasteiger partial charge is 0.158 e. The molecule has 3 rings (SSSR count). The van der Waals surface area contributed by atoms with Crippen molar-refractivity contribution < 1.29 is 0 Å². The van der Waals surface area contributed by atoms with E-state index in [4.69, 9.17) is 16.6 Å². The lowest BCUT2D eigenvalue weighted by atomic mass is 10.0. The van der Waals surface area contributed by atoms with Gasteiger partial charge in [0.1, 0.15) is 11.3 Å². The van der Waals surface area contributed by atoms with Crippen molar-refractivity contribution in [2.45, 2.75) is 51.1 Å². The van der Waals surface area contributed by atoms with Crippen molar-refractivity contribution in [1.82, 2.24) is 24.2 Å². The molecular weight excluding hydrogens is 286 g/mol. The fourth-order valence-corrected chi connectivity index (χ4v) is 3.59. The first-order valence-corrected chi connectivity index (χ1v) is 8.16. The van der Waals surface area contributed by atoms with Crippen LogP contribution in [-0.4, -0.2) is 43.9 Å². The number of likely N-dealkylation sites (N-methyl/N-ethyl adjacent to an activating group) is 1. The van der Waals surface area contributed by atoms with Crippen molar-refractivity contribution >= 4 is 22.8 Å². The molecule has 0 aliphatic carbocycles. The quantitative estimate of drug-likeness (QED) is 0.818. The topological polar surface area (TPSA) is 38.9 Å². The van der Waals surface area contributed by atoms with Gasteiger partial charge >= 0.3 is 0 Å². The van der Waals surface area contributed by atoms with Crippen LogP contribution in [0.3, 0.4) is 0 Å². The van der Waals surface area contributed by atoms with E-state index in [1.54, 1.807) is 0 Å². The van der Waals surface area contributed by atoms with Crippen LogP contribution < -0.4 is 0 Å². The number of hydrogen-bond acceptors (Lipinski definition) is 3. The van der Waals surface area contributed by atoms with Crippen LogP contribution in [0.15, 0.2) is 0 Å². The summed E-state index contributed by atoms with van der Waals surface area (Å²) in [4.78, 5) is 7.21. The second kappa shape index (κ2) is 5.61. The zero-order valence-electron chi connectivity index (χ0n) is 13.3. The summed E-state index contributed by atoms with van der Waals surface area (Å²) in [6, 6.07) is 0.556. The SMILES string of the molecule is Cc1nn(C)c2c1nc(C(C)Cl)n2CC1CCCCN1C. The van der Waals surface area contributed by atoms with Gasteiger partial charge in [-0.3, -0.25) is 4.68 Å². The van der Waals surface area contributed by atoms with E-state index in [0.717, 1.165) is 29.2 Å². The summed E-state index contributed by atoms with van der Waals surface area (Å²) in [5, 5.41) is 4.41. The summed E-state index contributed by atoms with van der Waals surface area (Å²) in [6.45, 7) is 6.12. The van der Waals surface area contributed by atoms with Crippen LogP contribution in [0.4, 0.5) is 0 Å². The fourth-order valence-electron chi connectivity index (χ4n) is 3.42. The molecule has 2 atom stereocenters. The maximum Gasteiger partial charge on any atom is 0.158 e. The normalized spacial score (nSPS) is 22.0. The summed E-state index contributed by atoms with van der Waals surface area (Å²) >= 11 is 6.37. The highest BCUT2D eigenvalue weighted by atomic mass is 35.5. The number of rotatable bonds is 3. The molecule has 1 saturated heterocycles. The van der Waals surface area contributed by atoms with Gasteiger partial charge in [-0.25, -0.2) is 4.98 Å². The number of piperidine rings is 1. The zero-order chi connectivity index (χ0) is 15.1. The molecule has 1 fully saturated rings. The van der Waals surface area contributed by atoms with Gasteiger partial charge in [0.15, 0.2) is 5.65 Å². The third-order valence-electron chi connectivity index (χ3n) is 4.59. The van der Waals surface area contributed by atoms with Crippen LogP contribution in [0, 0.1) is 6.92 Å². The number of hydrogen-bond donors (Lipinski definition) is 0. The van der Waals surface area contributed by atoms with E-state index in [0.29, 0.717) is 6.04 Å². The van der Waals surface area contributed by atoms with Gasteiger partial charge in [-0.05, 0) is 40.3 Å². The second-order valence-corrected chi connectivity index (χ2v) is 6.86. The van der Waals surface area contributed by atoms with E-state index in [2.05, 4.69) is 21.6 Å². The van der Waals surface area contributed by atoms with Crippen molar-refractivity contribution in [3.63, 3.8) is 0 Å². The first-order chi connectivity index (χ1) is 9.99. The summed E-state index contributed by atoms with van der Waals surface area (Å²) in [7, 11) is 4.21. The van der Waals surface area contributed by atoms with Gasteiger partial charge < -0.3 is 9.47 Å². The third-order valence-corrected chi connectivity index (χ3v) is 4.79. The van der Waals surface area contributed by atoms with Crippen molar-refractivity contribution in [3.8, 4) is 0 Å². The van der Waals surface area contributed by atoms with Gasteiger partial charge in [0.25, 0.3) is 0 Å². The number of aromatic nitrogens is 4. The van der Waals surface area contributed by atoms with Crippen molar-refractivity contribution in [1.29, 1.82) is 0 Å². The molecular formula is C15H24ClN5. The van der Waals surface area contributed by atoms with E-state index in [1.807, 2.05) is 25.6 Å². The Morgan fingerprint density at radius 2 is 2.10 bits per heavy atom. The number of fused-ring (bicyclic) bond motifs is 1. The van der Waals surface area contributed by atoms with E-state index in [9.17, 15) is 0 Å². The fraction of sp³-hybridized carbons (Fsp3) is 0.733. The standard InChI is InChI=1S/C15H24ClN5/c1-10(16)14-17-13-11(2)18-20(4)15(13)21(14)9-12-7-5-6-8-19(12)3/h10,12H,5-9H2,1-4H3. The van der Waals surface area contributed by atoms with Gasteiger partial charge in [0.2, 0.25) is 0 Å². The predicted molar refractivity (Wildman–Crippen MR) is 85.8 cm³/mol. The minimum Gasteiger partial charge on any atom is -0.310 e. The lowest BCUT2D eigenvalue weighted by Gasteiger charge is -2.33. The molecule has 1 aliphatic rings. The lowest BCUT2D eigenvalue weighted by Crippen LogP contribution is -2.39. The summed E-state index contributed by atoms with van der Waals surface area (Å²) in [5.41, 5.74) is 3.05. The molecule has 0 amide bonds. The van der Waals surface area contributed by atoms with E-state index in [-0.39, 0.29) is 5.38 Å². The van der Waals surface area contributed by atoms with Crippen molar-refractivity contribution in [2.75, 3.05) is 13.6 Å². The molecule has 3 heterocycles. The Morgan fingerprint density at radius 1 is 1.33 bits per heavy atom. The van der Waals surface area contributed by atoms with Crippen LogP contribution in [0.5, 0.6) is 0 Å². The highest BCUT2D eigenvalue weighted by Crippen LogP contribution is 2.28. The summed E-state index contributed by atoms with van der Waals surface area (Å²) in [6.07, 6.45) is 3.85. The van der Waals surface area contributed by atoms with Gasteiger partial charge in [-0.2, -0.15) is 5.10 Å². The van der Waals surface area contributed by atoms with E-state index < -0.39 is 0 Å². The Morgan fingerprint density at radius 3 is 2.76 bits per heavy atom. The van der Waals surface area contributed by atoms with Crippen molar-refractivity contribution in [3.05, 3.63) is 11.5 Å². The Kier molecular flexibility index (Phi) is 3.97. The van der Waals surface area contributed by atoms with Crippen LogP contribution >= 0.6 is 11.6 Å². The molecule has 2 aromatic heterocycles. The number of alkyl halides is 1. The minimum atomic E-state index is -0.0919. The molecule has 6 heteroatoms. The maximum absolute atomic E-state index is 6.37. The first-order valence-electron chi connectivity index (χ1n) is 7.73. The monoisotopic (exact) mass is 309 g/mol. The van der Waals surface area contributed by atoms with E-state index >= 15 is 0 Å². The average molecular weight is 310 g/mol. The molecule has 2 aromatic rings. The van der Waals surface area contributed by atoms with E-state index in [1.165, 1.54) is 25.8 Å². The highest BCUT2D eigenvalue weighted by molar-refractivity contribution is 6.20.